The lowest BCUT2D eigenvalue weighted by molar-refractivity contribution is 0.174. The molecule has 2 aliphatic rings. The normalized spacial score (nSPS) is 15.2. The summed E-state index contributed by atoms with van der Waals surface area (Å²) < 4.78 is 11.1. The van der Waals surface area contributed by atoms with E-state index in [1.807, 2.05) is 6.07 Å². The van der Waals surface area contributed by atoms with Crippen molar-refractivity contribution in [1.29, 1.82) is 0 Å². The fraction of sp³-hybridized carbons (Fsp3) is 0.250. The molecule has 1 aliphatic carbocycles. The Morgan fingerprint density at radius 3 is 2.74 bits per heavy atom. The molecule has 2 heterocycles. The molecule has 0 bridgehead atoms. The number of hydrogen-bond donors (Lipinski definition) is 0. The topological polar surface area (TPSA) is 31.4 Å². The summed E-state index contributed by atoms with van der Waals surface area (Å²) in [5.74, 6) is 1.63. The first kappa shape index (κ1) is 12.9. The summed E-state index contributed by atoms with van der Waals surface area (Å²) in [4.78, 5) is 5.02. The van der Waals surface area contributed by atoms with Crippen molar-refractivity contribution in [2.24, 2.45) is 0 Å². The van der Waals surface area contributed by atoms with Gasteiger partial charge in [-0.2, -0.15) is 0 Å². The van der Waals surface area contributed by atoms with Gasteiger partial charge in [-0.15, -0.1) is 0 Å². The summed E-state index contributed by atoms with van der Waals surface area (Å²) in [7, 11) is 0. The number of ether oxygens (including phenoxy) is 2. The smallest absolute Gasteiger partial charge is 0.231 e. The molecule has 0 N–H and O–H groups in total. The Kier molecular flexibility index (Phi) is 2.66. The maximum atomic E-state index is 5.54. The highest BCUT2D eigenvalue weighted by atomic mass is 16.7. The standard InChI is InChI=1S/C20H17NO2/c1-12-14-8-4-6-13-5-2-3-7-15(13)20(14)21-17-10-19-18(9-16(12)17)22-11-23-19/h2-3,5,7,9-10H,4,6,8,11H2,1H3. The maximum absolute atomic E-state index is 5.54. The van der Waals surface area contributed by atoms with E-state index in [2.05, 4.69) is 37.3 Å². The van der Waals surface area contributed by atoms with E-state index in [4.69, 9.17) is 14.5 Å². The van der Waals surface area contributed by atoms with Crippen LogP contribution < -0.4 is 9.47 Å². The van der Waals surface area contributed by atoms with Gasteiger partial charge in [-0.25, -0.2) is 4.98 Å². The van der Waals surface area contributed by atoms with E-state index in [0.29, 0.717) is 6.79 Å². The van der Waals surface area contributed by atoms with E-state index in [-0.39, 0.29) is 0 Å². The van der Waals surface area contributed by atoms with Crippen LogP contribution in [0.25, 0.3) is 22.2 Å². The van der Waals surface area contributed by atoms with Gasteiger partial charge in [0, 0.05) is 17.0 Å². The van der Waals surface area contributed by atoms with Gasteiger partial charge in [0.2, 0.25) is 6.79 Å². The van der Waals surface area contributed by atoms with Crippen LogP contribution in [-0.4, -0.2) is 11.8 Å². The molecule has 0 radical (unpaired) electrons. The number of hydrogen-bond acceptors (Lipinski definition) is 3. The third-order valence-electron chi connectivity index (χ3n) is 5.01. The van der Waals surface area contributed by atoms with E-state index >= 15 is 0 Å². The fourth-order valence-electron chi connectivity index (χ4n) is 3.81. The van der Waals surface area contributed by atoms with E-state index in [1.54, 1.807) is 0 Å². The molecule has 0 unspecified atom stereocenters. The number of benzene rings is 2. The predicted octanol–water partition coefficient (Wildman–Crippen LogP) is 4.43. The second kappa shape index (κ2) is 4.72. The number of aromatic nitrogens is 1. The third kappa shape index (κ3) is 1.86. The SMILES string of the molecule is Cc1c2c(nc3cc4c(cc13)OCO4)-c1ccccc1CCC2. The van der Waals surface area contributed by atoms with E-state index in [1.165, 1.54) is 34.1 Å². The summed E-state index contributed by atoms with van der Waals surface area (Å²) in [6, 6.07) is 12.7. The van der Waals surface area contributed by atoms with Crippen molar-refractivity contribution in [3.05, 3.63) is 53.1 Å². The van der Waals surface area contributed by atoms with E-state index in [0.717, 1.165) is 35.6 Å². The first-order chi connectivity index (χ1) is 11.3. The number of nitrogens with zero attached hydrogens (tertiary/aromatic N) is 1. The van der Waals surface area contributed by atoms with Crippen LogP contribution in [0.5, 0.6) is 11.5 Å². The highest BCUT2D eigenvalue weighted by molar-refractivity contribution is 5.90. The Bertz CT molecular complexity index is 946. The van der Waals surface area contributed by atoms with Gasteiger partial charge in [0.25, 0.3) is 0 Å². The second-order valence-corrected chi connectivity index (χ2v) is 6.30. The number of pyridine rings is 1. The van der Waals surface area contributed by atoms with Crippen LogP contribution in [-0.2, 0) is 12.8 Å². The number of rotatable bonds is 0. The predicted molar refractivity (Wildman–Crippen MR) is 90.1 cm³/mol. The average molecular weight is 303 g/mol. The minimum Gasteiger partial charge on any atom is -0.454 e. The highest BCUT2D eigenvalue weighted by Crippen LogP contribution is 2.40. The van der Waals surface area contributed by atoms with Crippen LogP contribution in [0.2, 0.25) is 0 Å². The molecule has 0 saturated carbocycles. The molecule has 0 amide bonds. The Labute approximate surface area is 134 Å². The molecule has 3 heteroatoms. The van der Waals surface area contributed by atoms with Gasteiger partial charge in [-0.3, -0.25) is 0 Å². The monoisotopic (exact) mass is 303 g/mol. The summed E-state index contributed by atoms with van der Waals surface area (Å²) in [6.45, 7) is 2.51. The first-order valence-electron chi connectivity index (χ1n) is 8.12. The fourth-order valence-corrected chi connectivity index (χ4v) is 3.81. The molecule has 1 aromatic heterocycles. The molecule has 5 rings (SSSR count). The quantitative estimate of drug-likeness (QED) is 0.616. The maximum Gasteiger partial charge on any atom is 0.231 e. The van der Waals surface area contributed by atoms with Crippen LogP contribution in [0.1, 0.15) is 23.1 Å². The molecular formula is C20H17NO2. The van der Waals surface area contributed by atoms with Gasteiger partial charge in [-0.05, 0) is 48.9 Å². The van der Waals surface area contributed by atoms with Crippen LogP contribution in [0.4, 0.5) is 0 Å². The van der Waals surface area contributed by atoms with Gasteiger partial charge in [0.1, 0.15) is 0 Å². The molecule has 0 saturated heterocycles. The zero-order valence-corrected chi connectivity index (χ0v) is 13.1. The van der Waals surface area contributed by atoms with Gasteiger partial charge >= 0.3 is 0 Å². The highest BCUT2D eigenvalue weighted by Gasteiger charge is 2.22. The second-order valence-electron chi connectivity index (χ2n) is 6.30. The van der Waals surface area contributed by atoms with Crippen LogP contribution in [0.15, 0.2) is 36.4 Å². The summed E-state index contributed by atoms with van der Waals surface area (Å²) in [6.07, 6.45) is 3.36. The van der Waals surface area contributed by atoms with Crippen molar-refractivity contribution < 1.29 is 9.47 Å². The van der Waals surface area contributed by atoms with E-state index in [9.17, 15) is 0 Å². The lowest BCUT2D eigenvalue weighted by Gasteiger charge is -2.14. The molecule has 114 valence electrons. The van der Waals surface area contributed by atoms with Gasteiger partial charge in [0.05, 0.1) is 11.2 Å². The molecule has 1 aliphatic heterocycles. The number of aryl methyl sites for hydroxylation is 2. The summed E-state index contributed by atoms with van der Waals surface area (Å²) in [5.41, 5.74) is 7.51. The molecule has 0 fully saturated rings. The Morgan fingerprint density at radius 1 is 1.00 bits per heavy atom. The lowest BCUT2D eigenvalue weighted by atomic mass is 9.96. The van der Waals surface area contributed by atoms with Crippen LogP contribution in [0.3, 0.4) is 0 Å². The third-order valence-corrected chi connectivity index (χ3v) is 5.01. The zero-order valence-electron chi connectivity index (χ0n) is 13.1. The van der Waals surface area contributed by atoms with Crippen molar-refractivity contribution in [3.63, 3.8) is 0 Å². The zero-order chi connectivity index (χ0) is 15.4. The Balaban J connectivity index is 1.85. The van der Waals surface area contributed by atoms with Crippen molar-refractivity contribution in [3.8, 4) is 22.8 Å². The van der Waals surface area contributed by atoms with Crippen molar-refractivity contribution in [1.82, 2.24) is 4.98 Å². The van der Waals surface area contributed by atoms with Crippen LogP contribution in [0, 0.1) is 6.92 Å². The largest absolute Gasteiger partial charge is 0.454 e. The Hall–Kier alpha value is -2.55. The molecule has 3 nitrogen and oxygen atoms in total. The lowest BCUT2D eigenvalue weighted by Crippen LogP contribution is -1.98. The average Bonchev–Trinajstić information content (AvgIpc) is 2.94. The molecule has 23 heavy (non-hydrogen) atoms. The molecular weight excluding hydrogens is 286 g/mol. The summed E-state index contributed by atoms with van der Waals surface area (Å²) in [5, 5.41) is 1.17. The number of fused-ring (bicyclic) bond motifs is 5. The summed E-state index contributed by atoms with van der Waals surface area (Å²) >= 11 is 0. The molecule has 3 aromatic rings. The Morgan fingerprint density at radius 2 is 1.83 bits per heavy atom. The molecule has 0 atom stereocenters. The van der Waals surface area contributed by atoms with Crippen LogP contribution >= 0.6 is 0 Å². The van der Waals surface area contributed by atoms with Crippen molar-refractivity contribution >= 4 is 10.9 Å². The first-order valence-corrected chi connectivity index (χ1v) is 8.12. The van der Waals surface area contributed by atoms with E-state index < -0.39 is 0 Å². The molecule has 2 aromatic carbocycles. The molecule has 0 spiro atoms. The van der Waals surface area contributed by atoms with Gasteiger partial charge < -0.3 is 9.47 Å². The van der Waals surface area contributed by atoms with Gasteiger partial charge in [-0.1, -0.05) is 24.3 Å². The van der Waals surface area contributed by atoms with Gasteiger partial charge in [0.15, 0.2) is 11.5 Å². The minimum absolute atomic E-state index is 0.299. The van der Waals surface area contributed by atoms with Crippen molar-refractivity contribution in [2.45, 2.75) is 26.2 Å². The van der Waals surface area contributed by atoms with Crippen molar-refractivity contribution in [2.75, 3.05) is 6.79 Å². The minimum atomic E-state index is 0.299.